The van der Waals surface area contributed by atoms with E-state index in [9.17, 15) is 4.79 Å². The molecule has 0 amide bonds. The minimum atomic E-state index is -0.224. The van der Waals surface area contributed by atoms with E-state index in [2.05, 4.69) is 32.3 Å². The summed E-state index contributed by atoms with van der Waals surface area (Å²) in [5, 5.41) is 14.1. The molecule has 0 saturated heterocycles. The molecule has 0 atom stereocenters. The number of H-pyrrole nitrogens is 1. The molecule has 2 aromatic heterocycles. The van der Waals surface area contributed by atoms with Gasteiger partial charge in [-0.3, -0.25) is 4.79 Å². The predicted octanol–water partition coefficient (Wildman–Crippen LogP) is 2.58. The van der Waals surface area contributed by atoms with E-state index in [0.717, 1.165) is 12.8 Å². The van der Waals surface area contributed by atoms with Crippen molar-refractivity contribution in [1.82, 2.24) is 19.7 Å². The van der Waals surface area contributed by atoms with Crippen LogP contribution in [0.2, 0.25) is 0 Å². The van der Waals surface area contributed by atoms with Crippen molar-refractivity contribution in [3.05, 3.63) is 28.9 Å². The van der Waals surface area contributed by atoms with Gasteiger partial charge < -0.3 is 9.30 Å². The van der Waals surface area contributed by atoms with Crippen LogP contribution in [-0.2, 0) is 6.54 Å². The van der Waals surface area contributed by atoms with Crippen LogP contribution >= 0.6 is 0 Å². The summed E-state index contributed by atoms with van der Waals surface area (Å²) in [6.45, 7) is 5.01. The number of ether oxygens (including phenoxy) is 1. The second kappa shape index (κ2) is 7.32. The lowest BCUT2D eigenvalue weighted by Gasteiger charge is -2.09. The average molecular weight is 290 g/mol. The molecule has 0 unspecified atom stereocenters. The maximum absolute atomic E-state index is 12.4. The third-order valence-electron chi connectivity index (χ3n) is 2.80. The number of azo groups is 1. The first kappa shape index (κ1) is 14.9. The highest BCUT2D eigenvalue weighted by atomic mass is 16.5. The monoisotopic (exact) mass is 290 g/mol. The zero-order valence-electron chi connectivity index (χ0n) is 12.1. The van der Waals surface area contributed by atoms with Gasteiger partial charge in [-0.05, 0) is 19.4 Å². The fourth-order valence-electron chi connectivity index (χ4n) is 1.76. The Morgan fingerprint density at radius 3 is 2.90 bits per heavy atom. The molecule has 112 valence electrons. The van der Waals surface area contributed by atoms with Crippen LogP contribution in [0, 0.1) is 0 Å². The van der Waals surface area contributed by atoms with Crippen molar-refractivity contribution in [3.63, 3.8) is 0 Å². The normalized spacial score (nSPS) is 11.1. The van der Waals surface area contributed by atoms with Crippen molar-refractivity contribution >= 4 is 11.6 Å². The van der Waals surface area contributed by atoms with Crippen molar-refractivity contribution in [3.8, 4) is 5.75 Å². The maximum atomic E-state index is 12.4. The number of nitrogens with zero attached hydrogens (tertiary/aromatic N) is 5. The topological polar surface area (TPSA) is 97.5 Å². The molecule has 0 aliphatic carbocycles. The zero-order chi connectivity index (χ0) is 15.1. The number of pyridine rings is 1. The average Bonchev–Trinajstić information content (AvgIpc) is 2.99. The Balaban J connectivity index is 2.36. The van der Waals surface area contributed by atoms with Crippen LogP contribution in [-0.4, -0.2) is 26.4 Å². The highest BCUT2D eigenvalue weighted by Crippen LogP contribution is 2.24. The number of aromatic nitrogens is 4. The van der Waals surface area contributed by atoms with Gasteiger partial charge in [-0.25, -0.2) is 5.10 Å². The Hall–Kier alpha value is -2.51. The van der Waals surface area contributed by atoms with Gasteiger partial charge in [-0.2, -0.15) is 10.1 Å². The third-order valence-corrected chi connectivity index (χ3v) is 2.80. The number of rotatable bonds is 7. The molecule has 0 bridgehead atoms. The maximum Gasteiger partial charge on any atom is 0.282 e. The largest absolute Gasteiger partial charge is 0.491 e. The number of hydrogen-bond acceptors (Lipinski definition) is 6. The summed E-state index contributed by atoms with van der Waals surface area (Å²) >= 11 is 0. The van der Waals surface area contributed by atoms with Crippen molar-refractivity contribution in [2.24, 2.45) is 10.2 Å². The lowest BCUT2D eigenvalue weighted by Crippen LogP contribution is -2.19. The molecule has 2 heterocycles. The van der Waals surface area contributed by atoms with E-state index < -0.39 is 0 Å². The molecule has 0 saturated carbocycles. The van der Waals surface area contributed by atoms with Gasteiger partial charge in [-0.15, -0.1) is 10.2 Å². The van der Waals surface area contributed by atoms with Gasteiger partial charge in [0.1, 0.15) is 6.33 Å². The summed E-state index contributed by atoms with van der Waals surface area (Å²) in [6, 6.07) is 1.73. The van der Waals surface area contributed by atoms with Crippen LogP contribution in [0.3, 0.4) is 0 Å². The molecule has 0 aliphatic heterocycles. The molecule has 21 heavy (non-hydrogen) atoms. The lowest BCUT2D eigenvalue weighted by molar-refractivity contribution is 0.339. The van der Waals surface area contributed by atoms with E-state index >= 15 is 0 Å². The van der Waals surface area contributed by atoms with Crippen molar-refractivity contribution < 1.29 is 4.74 Å². The van der Waals surface area contributed by atoms with Gasteiger partial charge in [-0.1, -0.05) is 13.3 Å². The zero-order valence-corrected chi connectivity index (χ0v) is 12.1. The van der Waals surface area contributed by atoms with Crippen LogP contribution < -0.4 is 10.3 Å². The lowest BCUT2D eigenvalue weighted by atomic mass is 10.3. The number of unbranched alkanes of at least 4 members (excludes halogenated alkanes) is 1. The minimum Gasteiger partial charge on any atom is -0.491 e. The Labute approximate surface area is 121 Å². The fraction of sp³-hybridized carbons (Fsp3) is 0.462. The Kier molecular flexibility index (Phi) is 5.19. The Morgan fingerprint density at radius 1 is 1.38 bits per heavy atom. The quantitative estimate of drug-likeness (QED) is 0.792. The summed E-state index contributed by atoms with van der Waals surface area (Å²) in [4.78, 5) is 16.2. The molecule has 0 fully saturated rings. The summed E-state index contributed by atoms with van der Waals surface area (Å²) in [7, 11) is 0. The molecule has 2 rings (SSSR count). The molecular weight excluding hydrogens is 272 g/mol. The molecule has 8 nitrogen and oxygen atoms in total. The van der Waals surface area contributed by atoms with E-state index in [4.69, 9.17) is 4.74 Å². The first-order valence-electron chi connectivity index (χ1n) is 6.89. The number of hydrogen-bond donors (Lipinski definition) is 1. The van der Waals surface area contributed by atoms with Gasteiger partial charge in [0.25, 0.3) is 11.5 Å². The van der Waals surface area contributed by atoms with Gasteiger partial charge >= 0.3 is 0 Å². The van der Waals surface area contributed by atoms with Gasteiger partial charge in [0.05, 0.1) is 6.61 Å². The van der Waals surface area contributed by atoms with Crippen LogP contribution in [0.5, 0.6) is 5.75 Å². The number of aromatic amines is 1. The highest BCUT2D eigenvalue weighted by Gasteiger charge is 2.11. The number of nitrogens with one attached hydrogen (secondary N) is 1. The van der Waals surface area contributed by atoms with Crippen molar-refractivity contribution in [2.45, 2.75) is 33.2 Å². The van der Waals surface area contributed by atoms with Crippen LogP contribution in [0.15, 0.2) is 33.6 Å². The van der Waals surface area contributed by atoms with Crippen LogP contribution in [0.4, 0.5) is 11.6 Å². The summed E-state index contributed by atoms with van der Waals surface area (Å²) in [6.07, 6.45) is 4.97. The minimum absolute atomic E-state index is 0.173. The van der Waals surface area contributed by atoms with E-state index in [1.54, 1.807) is 16.8 Å². The van der Waals surface area contributed by atoms with Gasteiger partial charge in [0.2, 0.25) is 0 Å². The number of aryl methyl sites for hydroxylation is 1. The second-order valence-corrected chi connectivity index (χ2v) is 4.32. The first-order chi connectivity index (χ1) is 10.3. The van der Waals surface area contributed by atoms with Crippen LogP contribution in [0.1, 0.15) is 26.7 Å². The van der Waals surface area contributed by atoms with E-state index in [1.807, 2.05) is 6.92 Å². The highest BCUT2D eigenvalue weighted by molar-refractivity contribution is 5.49. The Morgan fingerprint density at radius 2 is 2.24 bits per heavy atom. The summed E-state index contributed by atoms with van der Waals surface area (Å²) < 4.78 is 7.05. The molecule has 0 spiro atoms. The first-order valence-corrected chi connectivity index (χ1v) is 6.89. The SMILES string of the molecule is CCCCn1ccc(OCC)c(N=Nc2ncn[nH]2)c1=O. The molecule has 0 radical (unpaired) electrons. The second-order valence-electron chi connectivity index (χ2n) is 4.32. The third kappa shape index (κ3) is 3.74. The standard InChI is InChI=1S/C13H18N6O2/c1-3-5-7-19-8-6-10(21-4-2)11(12(19)20)16-18-13-14-9-15-17-13/h6,8-9H,3-5,7H2,1-2H3,(H,14,15,17). The smallest absolute Gasteiger partial charge is 0.282 e. The molecule has 8 heteroatoms. The predicted molar refractivity (Wildman–Crippen MR) is 77.3 cm³/mol. The van der Waals surface area contributed by atoms with Gasteiger partial charge in [0, 0.05) is 12.7 Å². The summed E-state index contributed by atoms with van der Waals surface area (Å²) in [5.41, 5.74) is -0.0514. The molecule has 2 aromatic rings. The van der Waals surface area contributed by atoms with Crippen molar-refractivity contribution in [1.29, 1.82) is 0 Å². The molecule has 1 N–H and O–H groups in total. The van der Waals surface area contributed by atoms with E-state index in [0.29, 0.717) is 18.9 Å². The molecule has 0 aliphatic rings. The van der Waals surface area contributed by atoms with Crippen molar-refractivity contribution in [2.75, 3.05) is 6.61 Å². The van der Waals surface area contributed by atoms with Crippen LogP contribution in [0.25, 0.3) is 0 Å². The summed E-state index contributed by atoms with van der Waals surface area (Å²) in [5.74, 6) is 0.652. The van der Waals surface area contributed by atoms with Gasteiger partial charge in [0.15, 0.2) is 11.4 Å². The molecule has 0 aromatic carbocycles. The van der Waals surface area contributed by atoms with E-state index in [1.165, 1.54) is 6.33 Å². The van der Waals surface area contributed by atoms with E-state index in [-0.39, 0.29) is 17.2 Å². The fourth-order valence-corrected chi connectivity index (χ4v) is 1.76. The molecular formula is C13H18N6O2. The Bertz CT molecular complexity index is 647.